The lowest BCUT2D eigenvalue weighted by atomic mass is 9.89. The van der Waals surface area contributed by atoms with Gasteiger partial charge in [-0.2, -0.15) is 5.26 Å². The lowest BCUT2D eigenvalue weighted by Crippen LogP contribution is -2.02. The second-order valence-corrected chi connectivity index (χ2v) is 4.83. The van der Waals surface area contributed by atoms with Gasteiger partial charge in [0.05, 0.1) is 19.6 Å². The summed E-state index contributed by atoms with van der Waals surface area (Å²) >= 11 is 3.64. The van der Waals surface area contributed by atoms with E-state index in [0.29, 0.717) is 11.2 Å². The van der Waals surface area contributed by atoms with Gasteiger partial charge in [0.2, 0.25) is 0 Å². The minimum Gasteiger partial charge on any atom is -0.497 e. The van der Waals surface area contributed by atoms with Crippen LogP contribution in [-0.2, 0) is 0 Å². The molecule has 82 valence electrons. The Morgan fingerprint density at radius 3 is 3.06 bits per heavy atom. The smallest absolute Gasteiger partial charge is 0.119 e. The van der Waals surface area contributed by atoms with Crippen LogP contribution in [0.3, 0.4) is 0 Å². The van der Waals surface area contributed by atoms with E-state index in [2.05, 4.69) is 34.1 Å². The SMILES string of the molecule is COc1ccc2c(c1)C(CC#N)=CCC2Br. The zero-order valence-corrected chi connectivity index (χ0v) is 10.6. The van der Waals surface area contributed by atoms with Crippen LogP contribution in [0.25, 0.3) is 5.57 Å². The van der Waals surface area contributed by atoms with Crippen molar-refractivity contribution in [3.63, 3.8) is 0 Å². The van der Waals surface area contributed by atoms with Gasteiger partial charge in [-0.1, -0.05) is 28.1 Å². The highest BCUT2D eigenvalue weighted by molar-refractivity contribution is 9.09. The fourth-order valence-electron chi connectivity index (χ4n) is 1.95. The molecule has 0 fully saturated rings. The lowest BCUT2D eigenvalue weighted by Gasteiger charge is -2.21. The third-order valence-corrected chi connectivity index (χ3v) is 3.65. The lowest BCUT2D eigenvalue weighted by molar-refractivity contribution is 0.414. The predicted molar refractivity (Wildman–Crippen MR) is 67.5 cm³/mol. The van der Waals surface area contributed by atoms with Gasteiger partial charge in [-0.25, -0.2) is 0 Å². The Kier molecular flexibility index (Phi) is 3.31. The summed E-state index contributed by atoms with van der Waals surface area (Å²) in [7, 11) is 1.66. The summed E-state index contributed by atoms with van der Waals surface area (Å²) in [5.41, 5.74) is 3.48. The first-order chi connectivity index (χ1) is 7.76. The standard InChI is InChI=1S/C13H12BrNO/c1-16-10-3-4-11-12(8-10)9(6-7-15)2-5-13(11)14/h2-4,8,13H,5-6H2,1H3. The molecule has 0 bridgehead atoms. The number of hydrogen-bond acceptors (Lipinski definition) is 2. The number of nitrogens with zero attached hydrogens (tertiary/aromatic N) is 1. The molecule has 0 aliphatic heterocycles. The Bertz CT molecular complexity index is 473. The quantitative estimate of drug-likeness (QED) is 0.770. The summed E-state index contributed by atoms with van der Waals surface area (Å²) in [6.45, 7) is 0. The summed E-state index contributed by atoms with van der Waals surface area (Å²) < 4.78 is 5.22. The van der Waals surface area contributed by atoms with Gasteiger partial charge in [0.1, 0.15) is 5.75 Å². The van der Waals surface area contributed by atoms with E-state index in [9.17, 15) is 0 Å². The van der Waals surface area contributed by atoms with Crippen LogP contribution < -0.4 is 4.74 Å². The molecule has 0 saturated carbocycles. The molecule has 2 rings (SSSR count). The highest BCUT2D eigenvalue weighted by atomic mass is 79.9. The second-order valence-electron chi connectivity index (χ2n) is 3.72. The van der Waals surface area contributed by atoms with Gasteiger partial charge < -0.3 is 4.74 Å². The molecule has 1 aromatic carbocycles. The maximum Gasteiger partial charge on any atom is 0.119 e. The molecule has 1 unspecified atom stereocenters. The summed E-state index contributed by atoms with van der Waals surface area (Å²) in [4.78, 5) is 0.343. The maximum absolute atomic E-state index is 8.80. The number of fused-ring (bicyclic) bond motifs is 1. The van der Waals surface area contributed by atoms with E-state index in [1.165, 1.54) is 5.56 Å². The first-order valence-corrected chi connectivity index (χ1v) is 6.06. The summed E-state index contributed by atoms with van der Waals surface area (Å²) in [5, 5.41) is 8.80. The van der Waals surface area contributed by atoms with Crippen molar-refractivity contribution in [1.82, 2.24) is 0 Å². The van der Waals surface area contributed by atoms with Crippen molar-refractivity contribution >= 4 is 21.5 Å². The van der Waals surface area contributed by atoms with Gasteiger partial charge in [0, 0.05) is 4.83 Å². The Balaban J connectivity index is 2.49. The number of allylic oxidation sites excluding steroid dienone is 2. The Labute approximate surface area is 104 Å². The fourth-order valence-corrected chi connectivity index (χ4v) is 2.53. The molecule has 0 heterocycles. The summed E-state index contributed by atoms with van der Waals surface area (Å²) in [6.07, 6.45) is 3.53. The highest BCUT2D eigenvalue weighted by Crippen LogP contribution is 2.40. The maximum atomic E-state index is 8.80. The molecule has 0 aromatic heterocycles. The Hall–Kier alpha value is -1.27. The van der Waals surface area contributed by atoms with Gasteiger partial charge in [0.25, 0.3) is 0 Å². The van der Waals surface area contributed by atoms with Crippen molar-refractivity contribution in [3.05, 3.63) is 35.4 Å². The average molecular weight is 278 g/mol. The molecular weight excluding hydrogens is 266 g/mol. The Morgan fingerprint density at radius 2 is 2.38 bits per heavy atom. The highest BCUT2D eigenvalue weighted by Gasteiger charge is 2.19. The largest absolute Gasteiger partial charge is 0.497 e. The summed E-state index contributed by atoms with van der Waals surface area (Å²) in [6, 6.07) is 8.24. The molecule has 0 amide bonds. The number of hydrogen-bond donors (Lipinski definition) is 0. The van der Waals surface area contributed by atoms with Crippen LogP contribution in [0, 0.1) is 11.3 Å². The van der Waals surface area contributed by atoms with Crippen LogP contribution >= 0.6 is 15.9 Å². The number of methoxy groups -OCH3 is 1. The van der Waals surface area contributed by atoms with E-state index in [-0.39, 0.29) is 0 Å². The molecule has 0 saturated heterocycles. The van der Waals surface area contributed by atoms with E-state index >= 15 is 0 Å². The van der Waals surface area contributed by atoms with Crippen LogP contribution in [0.2, 0.25) is 0 Å². The minimum absolute atomic E-state index is 0.343. The first-order valence-electron chi connectivity index (χ1n) is 5.14. The Morgan fingerprint density at radius 1 is 1.56 bits per heavy atom. The van der Waals surface area contributed by atoms with E-state index < -0.39 is 0 Å². The van der Waals surface area contributed by atoms with Gasteiger partial charge >= 0.3 is 0 Å². The fraction of sp³-hybridized carbons (Fsp3) is 0.308. The number of benzene rings is 1. The molecule has 0 spiro atoms. The number of alkyl halides is 1. The topological polar surface area (TPSA) is 33.0 Å². The van der Waals surface area contributed by atoms with Crippen molar-refractivity contribution in [3.8, 4) is 11.8 Å². The first kappa shape index (κ1) is 11.2. The van der Waals surface area contributed by atoms with Gasteiger partial charge in [-0.3, -0.25) is 0 Å². The number of nitriles is 1. The summed E-state index contributed by atoms with van der Waals surface area (Å²) in [5.74, 6) is 0.837. The van der Waals surface area contributed by atoms with Crippen molar-refractivity contribution in [2.45, 2.75) is 17.7 Å². The molecule has 1 atom stereocenters. The van der Waals surface area contributed by atoms with Gasteiger partial charge in [0.15, 0.2) is 0 Å². The predicted octanol–water partition coefficient (Wildman–Crippen LogP) is 3.83. The molecule has 3 heteroatoms. The minimum atomic E-state index is 0.343. The van der Waals surface area contributed by atoms with E-state index in [1.807, 2.05) is 12.1 Å². The molecule has 1 aliphatic rings. The third kappa shape index (κ3) is 1.98. The second kappa shape index (κ2) is 4.71. The van der Waals surface area contributed by atoms with Gasteiger partial charge in [-0.05, 0) is 35.3 Å². The molecule has 1 aliphatic carbocycles. The molecule has 2 nitrogen and oxygen atoms in total. The van der Waals surface area contributed by atoms with Crippen LogP contribution in [0.4, 0.5) is 0 Å². The van der Waals surface area contributed by atoms with Crippen LogP contribution in [0.15, 0.2) is 24.3 Å². The molecule has 1 aromatic rings. The zero-order valence-electron chi connectivity index (χ0n) is 9.03. The van der Waals surface area contributed by atoms with Crippen molar-refractivity contribution in [1.29, 1.82) is 5.26 Å². The van der Waals surface area contributed by atoms with Crippen LogP contribution in [-0.4, -0.2) is 7.11 Å². The average Bonchev–Trinajstić information content (AvgIpc) is 2.32. The molecule has 16 heavy (non-hydrogen) atoms. The van der Waals surface area contributed by atoms with Gasteiger partial charge in [-0.15, -0.1) is 0 Å². The molecular formula is C13H12BrNO. The van der Waals surface area contributed by atoms with Crippen LogP contribution in [0.5, 0.6) is 5.75 Å². The number of ether oxygens (including phenoxy) is 1. The number of halogens is 1. The number of rotatable bonds is 2. The monoisotopic (exact) mass is 277 g/mol. The molecule has 0 radical (unpaired) electrons. The van der Waals surface area contributed by atoms with Crippen molar-refractivity contribution in [2.24, 2.45) is 0 Å². The van der Waals surface area contributed by atoms with Crippen molar-refractivity contribution in [2.75, 3.05) is 7.11 Å². The van der Waals surface area contributed by atoms with Crippen LogP contribution in [0.1, 0.15) is 28.8 Å². The van der Waals surface area contributed by atoms with E-state index in [1.54, 1.807) is 7.11 Å². The zero-order chi connectivity index (χ0) is 11.5. The molecule has 0 N–H and O–H groups in total. The normalized spacial score (nSPS) is 18.3. The van der Waals surface area contributed by atoms with E-state index in [0.717, 1.165) is 23.3 Å². The third-order valence-electron chi connectivity index (χ3n) is 2.78. The van der Waals surface area contributed by atoms with E-state index in [4.69, 9.17) is 10.00 Å². The van der Waals surface area contributed by atoms with Crippen molar-refractivity contribution < 1.29 is 4.74 Å².